The Morgan fingerprint density at radius 1 is 1.31 bits per heavy atom. The second kappa shape index (κ2) is 6.67. The fourth-order valence-electron chi connectivity index (χ4n) is 2.03. The van der Waals surface area contributed by atoms with E-state index in [9.17, 15) is 0 Å². The average molecular weight is 300 g/mol. The number of nitrogens with one attached hydrogen (secondary N) is 1. The number of thioether (sulfide) groups is 1. The van der Waals surface area contributed by atoms with E-state index in [1.807, 2.05) is 11.8 Å². The molecular formula is C13H18BrNS. The van der Waals surface area contributed by atoms with E-state index in [1.165, 1.54) is 47.5 Å². The monoisotopic (exact) mass is 299 g/mol. The van der Waals surface area contributed by atoms with Crippen molar-refractivity contribution in [3.63, 3.8) is 0 Å². The standard InChI is InChI=1S/C13H18BrNS/c14-12-4-1-5-13(9-12)16-10-11-3-2-7-15-8-6-11/h1,4-5,9,11,15H,2-3,6-8,10H2. The van der Waals surface area contributed by atoms with Crippen molar-refractivity contribution >= 4 is 27.7 Å². The largest absolute Gasteiger partial charge is 0.317 e. The van der Waals surface area contributed by atoms with Crippen molar-refractivity contribution in [3.8, 4) is 0 Å². The molecule has 1 aromatic carbocycles. The lowest BCUT2D eigenvalue weighted by molar-refractivity contribution is 0.528. The zero-order valence-corrected chi connectivity index (χ0v) is 11.8. The number of rotatable bonds is 3. The summed E-state index contributed by atoms with van der Waals surface area (Å²) < 4.78 is 1.18. The van der Waals surface area contributed by atoms with Crippen LogP contribution in [0.25, 0.3) is 0 Å². The third-order valence-electron chi connectivity index (χ3n) is 2.98. The normalized spacial score (nSPS) is 21.7. The van der Waals surface area contributed by atoms with E-state index in [-0.39, 0.29) is 0 Å². The highest BCUT2D eigenvalue weighted by Gasteiger charge is 2.11. The van der Waals surface area contributed by atoms with Crippen LogP contribution in [-0.4, -0.2) is 18.8 Å². The van der Waals surface area contributed by atoms with Gasteiger partial charge in [-0.2, -0.15) is 0 Å². The fourth-order valence-corrected chi connectivity index (χ4v) is 3.73. The molecule has 1 saturated heterocycles. The van der Waals surface area contributed by atoms with E-state index in [0.29, 0.717) is 0 Å². The molecule has 2 rings (SSSR count). The molecule has 0 aromatic heterocycles. The summed E-state index contributed by atoms with van der Waals surface area (Å²) in [5.41, 5.74) is 0. The van der Waals surface area contributed by atoms with Crippen LogP contribution in [0.3, 0.4) is 0 Å². The first-order valence-corrected chi connectivity index (χ1v) is 7.71. The third-order valence-corrected chi connectivity index (χ3v) is 4.70. The van der Waals surface area contributed by atoms with E-state index >= 15 is 0 Å². The topological polar surface area (TPSA) is 12.0 Å². The van der Waals surface area contributed by atoms with Gasteiger partial charge in [0.25, 0.3) is 0 Å². The molecule has 1 heterocycles. The lowest BCUT2D eigenvalue weighted by atomic mass is 10.0. The van der Waals surface area contributed by atoms with Crippen LogP contribution < -0.4 is 5.32 Å². The Morgan fingerprint density at radius 3 is 3.12 bits per heavy atom. The number of hydrogen-bond donors (Lipinski definition) is 1. The third kappa shape index (κ3) is 4.11. The molecule has 1 N–H and O–H groups in total. The van der Waals surface area contributed by atoms with Gasteiger partial charge >= 0.3 is 0 Å². The van der Waals surface area contributed by atoms with Crippen LogP contribution in [0.2, 0.25) is 0 Å². The molecule has 0 amide bonds. The van der Waals surface area contributed by atoms with Crippen LogP contribution in [0.4, 0.5) is 0 Å². The molecule has 1 unspecified atom stereocenters. The van der Waals surface area contributed by atoms with E-state index in [0.717, 1.165) is 5.92 Å². The van der Waals surface area contributed by atoms with Gasteiger partial charge in [-0.3, -0.25) is 0 Å². The summed E-state index contributed by atoms with van der Waals surface area (Å²) in [7, 11) is 0. The highest BCUT2D eigenvalue weighted by molar-refractivity contribution is 9.10. The van der Waals surface area contributed by atoms with Crippen LogP contribution in [0.1, 0.15) is 19.3 Å². The molecule has 0 saturated carbocycles. The van der Waals surface area contributed by atoms with Crippen LogP contribution in [0.5, 0.6) is 0 Å². The molecule has 1 fully saturated rings. The van der Waals surface area contributed by atoms with Crippen molar-refractivity contribution in [1.82, 2.24) is 5.32 Å². The van der Waals surface area contributed by atoms with Crippen LogP contribution >= 0.6 is 27.7 Å². The van der Waals surface area contributed by atoms with E-state index in [2.05, 4.69) is 45.5 Å². The Morgan fingerprint density at radius 2 is 2.25 bits per heavy atom. The van der Waals surface area contributed by atoms with Gasteiger partial charge < -0.3 is 5.32 Å². The Labute approximate surface area is 111 Å². The first-order valence-electron chi connectivity index (χ1n) is 5.94. The smallest absolute Gasteiger partial charge is 0.0186 e. The zero-order valence-electron chi connectivity index (χ0n) is 9.42. The van der Waals surface area contributed by atoms with Gasteiger partial charge in [0.15, 0.2) is 0 Å². The molecule has 0 radical (unpaired) electrons. The van der Waals surface area contributed by atoms with Crippen molar-refractivity contribution in [2.75, 3.05) is 18.8 Å². The van der Waals surface area contributed by atoms with Crippen LogP contribution in [0, 0.1) is 5.92 Å². The summed E-state index contributed by atoms with van der Waals surface area (Å²) in [6.45, 7) is 2.40. The molecule has 0 bridgehead atoms. The van der Waals surface area contributed by atoms with Crippen molar-refractivity contribution < 1.29 is 0 Å². The quantitative estimate of drug-likeness (QED) is 0.849. The van der Waals surface area contributed by atoms with Gasteiger partial charge in [-0.25, -0.2) is 0 Å². The van der Waals surface area contributed by atoms with Gasteiger partial charge in [0.05, 0.1) is 0 Å². The van der Waals surface area contributed by atoms with Crippen molar-refractivity contribution in [2.24, 2.45) is 5.92 Å². The van der Waals surface area contributed by atoms with Crippen LogP contribution in [-0.2, 0) is 0 Å². The second-order valence-corrected chi connectivity index (χ2v) is 6.32. The molecule has 1 nitrogen and oxygen atoms in total. The van der Waals surface area contributed by atoms with Crippen LogP contribution in [0.15, 0.2) is 33.6 Å². The SMILES string of the molecule is Brc1cccc(SCC2CCCNCC2)c1. The molecule has 16 heavy (non-hydrogen) atoms. The maximum absolute atomic E-state index is 3.52. The molecular weight excluding hydrogens is 282 g/mol. The van der Waals surface area contributed by atoms with Gasteiger partial charge in [-0.1, -0.05) is 22.0 Å². The van der Waals surface area contributed by atoms with E-state index < -0.39 is 0 Å². The molecule has 1 aliphatic heterocycles. The number of hydrogen-bond acceptors (Lipinski definition) is 2. The highest BCUT2D eigenvalue weighted by Crippen LogP contribution is 2.27. The second-order valence-electron chi connectivity index (χ2n) is 4.32. The fraction of sp³-hybridized carbons (Fsp3) is 0.538. The lowest BCUT2D eigenvalue weighted by Crippen LogP contribution is -2.14. The van der Waals surface area contributed by atoms with Gasteiger partial charge in [0, 0.05) is 15.1 Å². The zero-order chi connectivity index (χ0) is 11.2. The number of halogens is 1. The first-order chi connectivity index (χ1) is 7.84. The molecule has 0 spiro atoms. The van der Waals surface area contributed by atoms with Crippen molar-refractivity contribution in [3.05, 3.63) is 28.7 Å². The Kier molecular flexibility index (Phi) is 5.20. The van der Waals surface area contributed by atoms with E-state index in [1.54, 1.807) is 0 Å². The molecule has 1 atom stereocenters. The van der Waals surface area contributed by atoms with Gasteiger partial charge in [0.2, 0.25) is 0 Å². The summed E-state index contributed by atoms with van der Waals surface area (Å²) >= 11 is 5.51. The Hall–Kier alpha value is 0.01000. The summed E-state index contributed by atoms with van der Waals surface area (Å²) in [4.78, 5) is 1.38. The molecule has 0 aliphatic carbocycles. The maximum Gasteiger partial charge on any atom is 0.0186 e. The maximum atomic E-state index is 3.52. The minimum Gasteiger partial charge on any atom is -0.317 e. The molecule has 1 aliphatic rings. The molecule has 88 valence electrons. The summed E-state index contributed by atoms with van der Waals surface area (Å²) in [5, 5.41) is 3.47. The highest BCUT2D eigenvalue weighted by atomic mass is 79.9. The molecule has 3 heteroatoms. The minimum atomic E-state index is 0.888. The lowest BCUT2D eigenvalue weighted by Gasteiger charge is -2.12. The summed E-state index contributed by atoms with van der Waals surface area (Å²) in [6.07, 6.45) is 4.05. The first kappa shape index (κ1) is 12.5. The van der Waals surface area contributed by atoms with Crippen molar-refractivity contribution in [2.45, 2.75) is 24.2 Å². The summed E-state index contributed by atoms with van der Waals surface area (Å²) in [5.74, 6) is 2.15. The molecule has 1 aromatic rings. The van der Waals surface area contributed by atoms with E-state index in [4.69, 9.17) is 0 Å². The predicted molar refractivity (Wildman–Crippen MR) is 75.1 cm³/mol. The predicted octanol–water partition coefficient (Wildman–Crippen LogP) is 3.93. The van der Waals surface area contributed by atoms with Crippen molar-refractivity contribution in [1.29, 1.82) is 0 Å². The van der Waals surface area contributed by atoms with Gasteiger partial charge in [-0.15, -0.1) is 11.8 Å². The Bertz CT molecular complexity index is 321. The Balaban J connectivity index is 1.81. The van der Waals surface area contributed by atoms with Gasteiger partial charge in [-0.05, 0) is 56.5 Å². The number of benzene rings is 1. The minimum absolute atomic E-state index is 0.888. The average Bonchev–Trinajstić information content (AvgIpc) is 2.55. The summed E-state index contributed by atoms with van der Waals surface area (Å²) in [6, 6.07) is 8.60. The van der Waals surface area contributed by atoms with Gasteiger partial charge in [0.1, 0.15) is 0 Å².